The minimum atomic E-state index is 0.295. The predicted molar refractivity (Wildman–Crippen MR) is 77.3 cm³/mol. The van der Waals surface area contributed by atoms with Crippen molar-refractivity contribution in [3.63, 3.8) is 0 Å². The summed E-state index contributed by atoms with van der Waals surface area (Å²) in [6.07, 6.45) is 2.60. The van der Waals surface area contributed by atoms with Crippen LogP contribution in [0.1, 0.15) is 23.8 Å². The topological polar surface area (TPSA) is 37.9 Å². The number of para-hydroxylation sites is 2. The van der Waals surface area contributed by atoms with Crippen LogP contribution in [0.3, 0.4) is 0 Å². The van der Waals surface area contributed by atoms with Crippen molar-refractivity contribution in [2.24, 2.45) is 0 Å². The lowest BCUT2D eigenvalue weighted by Gasteiger charge is -2.04. The van der Waals surface area contributed by atoms with Crippen LogP contribution in [0.5, 0.6) is 0 Å². The second kappa shape index (κ2) is 4.47. The molecule has 1 aromatic carbocycles. The quantitative estimate of drug-likeness (QED) is 0.760. The number of fused-ring (bicyclic) bond motifs is 1. The molecular formula is C15H14N2OS. The fourth-order valence-electron chi connectivity index (χ4n) is 2.52. The number of H-pyrrole nitrogens is 1. The number of nitrogens with one attached hydrogen (secondary N) is 1. The smallest absolute Gasteiger partial charge is 0.148 e. The highest BCUT2D eigenvalue weighted by Crippen LogP contribution is 2.36. The summed E-state index contributed by atoms with van der Waals surface area (Å²) in [4.78, 5) is 10.5. The molecule has 3 nitrogen and oxygen atoms in total. The maximum absolute atomic E-state index is 5.73. The van der Waals surface area contributed by atoms with E-state index in [9.17, 15) is 0 Å². The fourth-order valence-corrected chi connectivity index (χ4v) is 3.56. The number of thiophene rings is 1. The highest BCUT2D eigenvalue weighted by Gasteiger charge is 2.20. The first-order chi connectivity index (χ1) is 9.40. The van der Waals surface area contributed by atoms with Gasteiger partial charge >= 0.3 is 0 Å². The molecule has 1 atom stereocenters. The average Bonchev–Trinajstić information content (AvgIpc) is 3.17. The van der Waals surface area contributed by atoms with Crippen LogP contribution in [0, 0.1) is 0 Å². The van der Waals surface area contributed by atoms with Gasteiger partial charge < -0.3 is 9.72 Å². The number of imidazole rings is 1. The largest absolute Gasteiger partial charge is 0.373 e. The number of aromatic amines is 1. The normalized spacial score (nSPS) is 19.3. The van der Waals surface area contributed by atoms with Crippen molar-refractivity contribution in [2.45, 2.75) is 18.9 Å². The number of hydrogen-bond donors (Lipinski definition) is 1. The zero-order valence-electron chi connectivity index (χ0n) is 10.4. The molecule has 0 amide bonds. The molecule has 1 aliphatic heterocycles. The van der Waals surface area contributed by atoms with Crippen molar-refractivity contribution in [1.82, 2.24) is 9.97 Å². The number of rotatable bonds is 2. The summed E-state index contributed by atoms with van der Waals surface area (Å²) in [5.74, 6) is 0.954. The van der Waals surface area contributed by atoms with E-state index >= 15 is 0 Å². The molecule has 0 saturated carbocycles. The van der Waals surface area contributed by atoms with Gasteiger partial charge in [0.1, 0.15) is 5.82 Å². The summed E-state index contributed by atoms with van der Waals surface area (Å²) in [7, 11) is 0. The summed E-state index contributed by atoms with van der Waals surface area (Å²) < 4.78 is 5.73. The molecular weight excluding hydrogens is 256 g/mol. The van der Waals surface area contributed by atoms with E-state index in [2.05, 4.69) is 28.2 Å². The van der Waals surface area contributed by atoms with E-state index in [0.717, 1.165) is 29.9 Å². The highest BCUT2D eigenvalue weighted by molar-refractivity contribution is 7.15. The molecule has 0 bridgehead atoms. The van der Waals surface area contributed by atoms with E-state index in [1.54, 1.807) is 11.3 Å². The van der Waals surface area contributed by atoms with Crippen LogP contribution in [-0.4, -0.2) is 16.6 Å². The summed E-state index contributed by atoms with van der Waals surface area (Å²) in [5.41, 5.74) is 2.11. The molecule has 1 fully saturated rings. The second-order valence-electron chi connectivity index (χ2n) is 4.81. The predicted octanol–water partition coefficient (Wildman–Crippen LogP) is 4.14. The molecule has 2 aromatic heterocycles. The van der Waals surface area contributed by atoms with Crippen LogP contribution in [0.4, 0.5) is 0 Å². The van der Waals surface area contributed by atoms with E-state index in [0.29, 0.717) is 6.10 Å². The molecule has 3 aromatic rings. The summed E-state index contributed by atoms with van der Waals surface area (Å²) in [5, 5.41) is 0. The van der Waals surface area contributed by atoms with Gasteiger partial charge in [-0.1, -0.05) is 12.1 Å². The van der Waals surface area contributed by atoms with Crippen molar-refractivity contribution in [2.75, 3.05) is 6.61 Å². The van der Waals surface area contributed by atoms with Crippen molar-refractivity contribution in [3.8, 4) is 10.7 Å². The Morgan fingerprint density at radius 3 is 3.00 bits per heavy atom. The fraction of sp³-hybridized carbons (Fsp3) is 0.267. The van der Waals surface area contributed by atoms with Gasteiger partial charge in [-0.15, -0.1) is 11.3 Å². The van der Waals surface area contributed by atoms with Crippen LogP contribution in [0.25, 0.3) is 21.7 Å². The highest BCUT2D eigenvalue weighted by atomic mass is 32.1. The first-order valence-electron chi connectivity index (χ1n) is 6.56. The Kier molecular flexibility index (Phi) is 2.64. The minimum Gasteiger partial charge on any atom is -0.373 e. The van der Waals surface area contributed by atoms with Crippen LogP contribution in [0.15, 0.2) is 36.4 Å². The first kappa shape index (κ1) is 11.2. The van der Waals surface area contributed by atoms with Gasteiger partial charge in [-0.2, -0.15) is 0 Å². The Balaban J connectivity index is 1.71. The third kappa shape index (κ3) is 1.97. The molecule has 0 radical (unpaired) electrons. The van der Waals surface area contributed by atoms with Gasteiger partial charge in [-0.25, -0.2) is 4.98 Å². The summed E-state index contributed by atoms with van der Waals surface area (Å²) >= 11 is 1.78. The first-order valence-corrected chi connectivity index (χ1v) is 7.38. The van der Waals surface area contributed by atoms with Gasteiger partial charge in [0.2, 0.25) is 0 Å². The minimum absolute atomic E-state index is 0.295. The Bertz CT molecular complexity index is 677. The van der Waals surface area contributed by atoms with Crippen LogP contribution < -0.4 is 0 Å². The Morgan fingerprint density at radius 1 is 1.21 bits per heavy atom. The SMILES string of the molecule is c1ccc2[nH]c(-c3ccc([C@@H]4CCCO4)s3)nc2c1. The van der Waals surface area contributed by atoms with Gasteiger partial charge in [-0.3, -0.25) is 0 Å². The van der Waals surface area contributed by atoms with Crippen molar-refractivity contribution in [1.29, 1.82) is 0 Å². The van der Waals surface area contributed by atoms with Gasteiger partial charge in [-0.05, 0) is 37.1 Å². The molecule has 19 heavy (non-hydrogen) atoms. The number of benzene rings is 1. The van der Waals surface area contributed by atoms with Crippen molar-refractivity contribution in [3.05, 3.63) is 41.3 Å². The lowest BCUT2D eigenvalue weighted by Crippen LogP contribution is -1.90. The third-order valence-corrected chi connectivity index (χ3v) is 4.68. The lowest BCUT2D eigenvalue weighted by atomic mass is 10.2. The van der Waals surface area contributed by atoms with Gasteiger partial charge in [0.15, 0.2) is 0 Å². The van der Waals surface area contributed by atoms with Crippen LogP contribution >= 0.6 is 11.3 Å². The molecule has 0 spiro atoms. The number of nitrogens with zero attached hydrogens (tertiary/aromatic N) is 1. The summed E-state index contributed by atoms with van der Waals surface area (Å²) in [6.45, 7) is 0.891. The average molecular weight is 270 g/mol. The van der Waals surface area contributed by atoms with E-state index in [1.807, 2.05) is 18.2 Å². The lowest BCUT2D eigenvalue weighted by molar-refractivity contribution is 0.114. The monoisotopic (exact) mass is 270 g/mol. The van der Waals surface area contributed by atoms with Gasteiger partial charge in [0, 0.05) is 11.5 Å². The van der Waals surface area contributed by atoms with E-state index in [-0.39, 0.29) is 0 Å². The maximum Gasteiger partial charge on any atom is 0.148 e. The molecule has 4 heteroatoms. The van der Waals surface area contributed by atoms with Crippen LogP contribution in [0.2, 0.25) is 0 Å². The van der Waals surface area contributed by atoms with Gasteiger partial charge in [0.05, 0.1) is 22.0 Å². The molecule has 4 rings (SSSR count). The molecule has 1 N–H and O–H groups in total. The zero-order valence-corrected chi connectivity index (χ0v) is 11.2. The number of ether oxygens (including phenoxy) is 1. The molecule has 1 saturated heterocycles. The molecule has 3 heterocycles. The Labute approximate surface area is 115 Å². The van der Waals surface area contributed by atoms with Crippen LogP contribution in [-0.2, 0) is 4.74 Å². The molecule has 96 valence electrons. The number of hydrogen-bond acceptors (Lipinski definition) is 3. The Morgan fingerprint density at radius 2 is 2.16 bits per heavy atom. The van der Waals surface area contributed by atoms with E-state index < -0.39 is 0 Å². The van der Waals surface area contributed by atoms with E-state index in [1.165, 1.54) is 16.2 Å². The third-order valence-electron chi connectivity index (χ3n) is 3.50. The zero-order chi connectivity index (χ0) is 12.7. The molecule has 1 aliphatic rings. The van der Waals surface area contributed by atoms with Gasteiger partial charge in [0.25, 0.3) is 0 Å². The standard InChI is InChI=1S/C15H14N2OS/c1-2-5-11-10(4-1)16-15(17-11)14-8-7-13(19-14)12-6-3-9-18-12/h1-2,4-5,7-8,12H,3,6,9H2,(H,16,17)/t12-/m0/s1. The van der Waals surface area contributed by atoms with E-state index in [4.69, 9.17) is 4.74 Å². The summed E-state index contributed by atoms with van der Waals surface area (Å²) in [6, 6.07) is 12.4. The van der Waals surface area contributed by atoms with Crippen molar-refractivity contribution < 1.29 is 4.74 Å². The molecule has 0 unspecified atom stereocenters. The van der Waals surface area contributed by atoms with Crippen molar-refractivity contribution >= 4 is 22.4 Å². The Hall–Kier alpha value is -1.65. The molecule has 0 aliphatic carbocycles. The maximum atomic E-state index is 5.73. The second-order valence-corrected chi connectivity index (χ2v) is 5.92. The number of aromatic nitrogens is 2.